The van der Waals surface area contributed by atoms with E-state index in [2.05, 4.69) is 11.7 Å². The summed E-state index contributed by atoms with van der Waals surface area (Å²) < 4.78 is 63.1. The number of unbranched alkanes of at least 4 members (excludes halogenated alkanes) is 2. The fourth-order valence-electron chi connectivity index (χ4n) is 6.40. The summed E-state index contributed by atoms with van der Waals surface area (Å²) in [6.45, 7) is -0.700. The zero-order valence-corrected chi connectivity index (χ0v) is 21.8. The highest BCUT2D eigenvalue weighted by atomic mass is 19.3. The first-order valence-corrected chi connectivity index (χ1v) is 14.1. The van der Waals surface area contributed by atoms with Crippen molar-refractivity contribution in [2.45, 2.75) is 103 Å². The fourth-order valence-corrected chi connectivity index (χ4v) is 6.40. The molecule has 4 rings (SSSR count). The van der Waals surface area contributed by atoms with Gasteiger partial charge in [-0.15, -0.1) is 0 Å². The Bertz CT molecular complexity index is 929. The van der Waals surface area contributed by atoms with Gasteiger partial charge in [0.15, 0.2) is 0 Å². The van der Waals surface area contributed by atoms with E-state index in [0.29, 0.717) is 5.92 Å². The molecule has 2 aliphatic carbocycles. The maximum Gasteiger partial charge on any atom is 0.426 e. The van der Waals surface area contributed by atoms with Crippen molar-refractivity contribution in [3.05, 3.63) is 59.7 Å². The van der Waals surface area contributed by atoms with E-state index in [9.17, 15) is 17.6 Å². The lowest BCUT2D eigenvalue weighted by Crippen LogP contribution is -2.25. The van der Waals surface area contributed by atoms with Crippen LogP contribution in [-0.2, 0) is 6.11 Å². The summed E-state index contributed by atoms with van der Waals surface area (Å²) in [7, 11) is 0. The Hall–Kier alpha value is -2.24. The molecule has 2 fully saturated rings. The van der Waals surface area contributed by atoms with Gasteiger partial charge in [-0.3, -0.25) is 0 Å². The Morgan fingerprint density at radius 2 is 1.32 bits per heavy atom. The minimum absolute atomic E-state index is 0.111. The molecule has 2 aromatic rings. The zero-order chi connectivity index (χ0) is 26.3. The standard InChI is InChI=1S/C31H40F4O2/c1-2-3-4-5-22-6-8-23(9-7-22)24-10-12-25(13-11-24)26-14-16-27(17-15-26)31(34,35)37-29-20-18-28(19-21-29)36-30(32)33/h14-25,30H,2-13H2,1H3/t22-,23-,24-,25-. The first-order valence-electron chi connectivity index (χ1n) is 14.1. The zero-order valence-electron chi connectivity index (χ0n) is 21.8. The summed E-state index contributed by atoms with van der Waals surface area (Å²) in [5.74, 6) is 2.83. The Labute approximate surface area is 218 Å². The van der Waals surface area contributed by atoms with Gasteiger partial charge < -0.3 is 9.47 Å². The molecule has 0 radical (unpaired) electrons. The minimum Gasteiger partial charge on any atom is -0.435 e. The normalized spacial score (nSPS) is 24.7. The van der Waals surface area contributed by atoms with E-state index in [0.717, 1.165) is 36.2 Å². The third-order valence-electron chi connectivity index (χ3n) is 8.56. The average molecular weight is 521 g/mol. The van der Waals surface area contributed by atoms with Crippen LogP contribution >= 0.6 is 0 Å². The quantitative estimate of drug-likeness (QED) is 0.217. The van der Waals surface area contributed by atoms with Crippen LogP contribution in [0.1, 0.15) is 101 Å². The highest BCUT2D eigenvalue weighted by molar-refractivity contribution is 5.33. The summed E-state index contributed by atoms with van der Waals surface area (Å²) in [6, 6.07) is 11.2. The van der Waals surface area contributed by atoms with Gasteiger partial charge in [-0.2, -0.15) is 17.6 Å². The summed E-state index contributed by atoms with van der Waals surface area (Å²) in [4.78, 5) is 0. The number of hydrogen-bond acceptors (Lipinski definition) is 2. The van der Waals surface area contributed by atoms with Crippen molar-refractivity contribution in [3.8, 4) is 11.5 Å². The third-order valence-corrected chi connectivity index (χ3v) is 8.56. The molecule has 6 heteroatoms. The number of halogens is 4. The molecule has 0 aromatic heterocycles. The number of ether oxygens (including phenoxy) is 2. The van der Waals surface area contributed by atoms with Crippen LogP contribution in [0.5, 0.6) is 11.5 Å². The van der Waals surface area contributed by atoms with Crippen LogP contribution < -0.4 is 9.47 Å². The summed E-state index contributed by atoms with van der Waals surface area (Å²) >= 11 is 0. The highest BCUT2D eigenvalue weighted by Crippen LogP contribution is 2.45. The van der Waals surface area contributed by atoms with E-state index in [1.165, 1.54) is 101 Å². The predicted molar refractivity (Wildman–Crippen MR) is 138 cm³/mol. The van der Waals surface area contributed by atoms with Crippen LogP contribution in [0, 0.1) is 17.8 Å². The van der Waals surface area contributed by atoms with Gasteiger partial charge in [0.05, 0.1) is 5.56 Å². The maximum atomic E-state index is 14.7. The molecule has 2 aliphatic rings. The molecule has 2 nitrogen and oxygen atoms in total. The van der Waals surface area contributed by atoms with Crippen molar-refractivity contribution < 1.29 is 27.0 Å². The average Bonchev–Trinajstić information content (AvgIpc) is 2.90. The molecule has 0 aliphatic heterocycles. The molecule has 0 spiro atoms. The van der Waals surface area contributed by atoms with Crippen molar-refractivity contribution in [1.29, 1.82) is 0 Å². The van der Waals surface area contributed by atoms with Crippen molar-refractivity contribution in [1.82, 2.24) is 0 Å². The number of hydrogen-bond donors (Lipinski definition) is 0. The van der Waals surface area contributed by atoms with Gasteiger partial charge in [0.25, 0.3) is 0 Å². The lowest BCUT2D eigenvalue weighted by atomic mass is 9.68. The monoisotopic (exact) mass is 520 g/mol. The first-order chi connectivity index (χ1) is 17.8. The lowest BCUT2D eigenvalue weighted by Gasteiger charge is -2.38. The molecule has 2 aromatic carbocycles. The Morgan fingerprint density at radius 1 is 0.757 bits per heavy atom. The minimum atomic E-state index is -3.53. The molecule has 0 bridgehead atoms. The topological polar surface area (TPSA) is 18.5 Å². The largest absolute Gasteiger partial charge is 0.435 e. The Kier molecular flexibility index (Phi) is 9.77. The molecule has 0 saturated heterocycles. The number of rotatable bonds is 11. The first kappa shape index (κ1) is 27.8. The van der Waals surface area contributed by atoms with Gasteiger partial charge in [0.2, 0.25) is 0 Å². The molecule has 37 heavy (non-hydrogen) atoms. The maximum absolute atomic E-state index is 14.7. The van der Waals surface area contributed by atoms with E-state index >= 15 is 0 Å². The highest BCUT2D eigenvalue weighted by Gasteiger charge is 2.35. The number of alkyl halides is 4. The Morgan fingerprint density at radius 3 is 1.89 bits per heavy atom. The summed E-state index contributed by atoms with van der Waals surface area (Å²) in [5.41, 5.74) is 0.889. The lowest BCUT2D eigenvalue weighted by molar-refractivity contribution is -0.185. The van der Waals surface area contributed by atoms with Crippen LogP contribution in [0.2, 0.25) is 0 Å². The number of benzene rings is 2. The van der Waals surface area contributed by atoms with Crippen LogP contribution in [0.4, 0.5) is 17.6 Å². The molecule has 2 saturated carbocycles. The Balaban J connectivity index is 1.25. The van der Waals surface area contributed by atoms with E-state index in [4.69, 9.17) is 4.74 Å². The second-order valence-electron chi connectivity index (χ2n) is 11.0. The van der Waals surface area contributed by atoms with Crippen LogP contribution in [0.25, 0.3) is 0 Å². The molecule has 0 unspecified atom stereocenters. The summed E-state index contributed by atoms with van der Waals surface area (Å²) in [6.07, 6.45) is 12.2. The molecule has 0 atom stereocenters. The van der Waals surface area contributed by atoms with Gasteiger partial charge in [0, 0.05) is 0 Å². The van der Waals surface area contributed by atoms with Crippen molar-refractivity contribution in [2.24, 2.45) is 17.8 Å². The molecule has 0 amide bonds. The van der Waals surface area contributed by atoms with Gasteiger partial charge in [0.1, 0.15) is 11.5 Å². The molecular weight excluding hydrogens is 480 g/mol. The van der Waals surface area contributed by atoms with Gasteiger partial charge >= 0.3 is 12.7 Å². The second-order valence-corrected chi connectivity index (χ2v) is 11.0. The van der Waals surface area contributed by atoms with E-state index in [1.54, 1.807) is 12.1 Å². The second kappa shape index (κ2) is 13.0. The van der Waals surface area contributed by atoms with Crippen LogP contribution in [0.15, 0.2) is 48.5 Å². The van der Waals surface area contributed by atoms with E-state index in [-0.39, 0.29) is 17.1 Å². The van der Waals surface area contributed by atoms with Crippen LogP contribution in [-0.4, -0.2) is 6.61 Å². The van der Waals surface area contributed by atoms with Crippen molar-refractivity contribution >= 4 is 0 Å². The molecule has 0 heterocycles. The van der Waals surface area contributed by atoms with Gasteiger partial charge in [-0.1, -0.05) is 57.6 Å². The third kappa shape index (κ3) is 7.87. The van der Waals surface area contributed by atoms with E-state index in [1.807, 2.05) is 0 Å². The van der Waals surface area contributed by atoms with Gasteiger partial charge in [-0.05, 0) is 104 Å². The molecule has 204 valence electrons. The van der Waals surface area contributed by atoms with Gasteiger partial charge in [-0.25, -0.2) is 0 Å². The predicted octanol–water partition coefficient (Wildman–Crippen LogP) is 10.1. The van der Waals surface area contributed by atoms with Crippen molar-refractivity contribution in [3.63, 3.8) is 0 Å². The molecular formula is C31H40F4O2. The van der Waals surface area contributed by atoms with Crippen LogP contribution in [0.3, 0.4) is 0 Å². The SMILES string of the molecule is CCCCC[C@H]1CC[C@H]([C@H]2CC[C@H](c3ccc(C(F)(F)Oc4ccc(OC(F)F)cc4)cc3)CC2)CC1. The smallest absolute Gasteiger partial charge is 0.426 e. The van der Waals surface area contributed by atoms with E-state index < -0.39 is 12.7 Å². The fraction of sp³-hybridized carbons (Fsp3) is 0.613. The van der Waals surface area contributed by atoms with Crippen molar-refractivity contribution in [2.75, 3.05) is 0 Å². The summed E-state index contributed by atoms with van der Waals surface area (Å²) in [5, 5.41) is 0. The molecule has 0 N–H and O–H groups in total.